The molecule has 0 aromatic heterocycles. The highest BCUT2D eigenvalue weighted by Crippen LogP contribution is 2.14. The smallest absolute Gasteiger partial charge is 0.332 e. The minimum atomic E-state index is -0.194. The van der Waals surface area contributed by atoms with Gasteiger partial charge in [-0.25, -0.2) is 4.79 Å². The molecule has 0 N–H and O–H groups in total. The Morgan fingerprint density at radius 3 is 0.973 bits per heavy atom. The fourth-order valence-electron chi connectivity index (χ4n) is 5.08. The Morgan fingerprint density at radius 2 is 0.649 bits per heavy atom. The average molecular weight is 525 g/mol. The van der Waals surface area contributed by atoms with Crippen molar-refractivity contribution in [1.29, 1.82) is 0 Å². The molecule has 0 atom stereocenters. The number of unbranched alkanes of at least 4 members (excludes halogenated alkanes) is 26. The van der Waals surface area contributed by atoms with Crippen LogP contribution in [0.15, 0.2) is 0 Å². The van der Waals surface area contributed by atoms with Crippen molar-refractivity contribution in [3.8, 4) is 0 Å². The Morgan fingerprint density at radius 1 is 0.378 bits per heavy atom. The van der Waals surface area contributed by atoms with Gasteiger partial charge in [-0.3, -0.25) is 0 Å². The number of carbonyl (C=O) groups is 1. The fourth-order valence-corrected chi connectivity index (χ4v) is 5.08. The Kier molecular flexibility index (Phi) is 32.9. The molecule has 0 aromatic rings. The highest BCUT2D eigenvalue weighted by Gasteiger charge is 2.03. The molecule has 0 rings (SSSR count). The molecule has 0 unspecified atom stereocenters. The monoisotopic (exact) mass is 525 g/mol. The minimum absolute atomic E-state index is 0.122. The van der Waals surface area contributed by atoms with Crippen molar-refractivity contribution >= 4 is 5.97 Å². The number of ether oxygens (including phenoxy) is 2. The second-order valence-electron chi connectivity index (χ2n) is 11.5. The number of carbonyl (C=O) groups excluding carboxylic acids is 1. The van der Waals surface area contributed by atoms with E-state index in [2.05, 4.69) is 13.8 Å². The van der Waals surface area contributed by atoms with Crippen LogP contribution in [0.2, 0.25) is 0 Å². The van der Waals surface area contributed by atoms with E-state index in [-0.39, 0.29) is 12.6 Å². The molecular formula is C34H68O3. The summed E-state index contributed by atoms with van der Waals surface area (Å²) in [4.78, 5) is 11.8. The summed E-state index contributed by atoms with van der Waals surface area (Å²) in [6.45, 7) is 5.93. The summed E-state index contributed by atoms with van der Waals surface area (Å²) >= 11 is 0. The first-order valence-electron chi connectivity index (χ1n) is 17.0. The maximum Gasteiger partial charge on any atom is 0.332 e. The van der Waals surface area contributed by atoms with Crippen molar-refractivity contribution in [3.63, 3.8) is 0 Å². The molecule has 0 aromatic carbocycles. The zero-order chi connectivity index (χ0) is 26.9. The van der Waals surface area contributed by atoms with Crippen molar-refractivity contribution < 1.29 is 14.3 Å². The van der Waals surface area contributed by atoms with Crippen LogP contribution >= 0.6 is 0 Å². The third-order valence-electron chi connectivity index (χ3n) is 7.62. The molecule has 0 aliphatic heterocycles. The fraction of sp³-hybridized carbons (Fsp3) is 0.971. The normalized spacial score (nSPS) is 11.3. The lowest BCUT2D eigenvalue weighted by Crippen LogP contribution is -2.14. The molecule has 0 amide bonds. The van der Waals surface area contributed by atoms with Crippen LogP contribution in [0.1, 0.15) is 194 Å². The highest BCUT2D eigenvalue weighted by atomic mass is 16.6. The van der Waals surface area contributed by atoms with Crippen LogP contribution in [0.25, 0.3) is 0 Å². The van der Waals surface area contributed by atoms with Crippen molar-refractivity contribution in [3.05, 3.63) is 0 Å². The third kappa shape index (κ3) is 33.4. The van der Waals surface area contributed by atoms with Gasteiger partial charge in [0.2, 0.25) is 0 Å². The van der Waals surface area contributed by atoms with E-state index >= 15 is 0 Å². The molecule has 0 spiro atoms. The van der Waals surface area contributed by atoms with E-state index in [1.807, 2.05) is 0 Å². The van der Waals surface area contributed by atoms with Crippen molar-refractivity contribution in [1.82, 2.24) is 0 Å². The number of hydrogen-bond donors (Lipinski definition) is 0. The second-order valence-corrected chi connectivity index (χ2v) is 11.5. The summed E-state index contributed by atoms with van der Waals surface area (Å²) in [5.41, 5.74) is 0. The largest absolute Gasteiger partial charge is 0.464 e. The van der Waals surface area contributed by atoms with Crippen LogP contribution in [0.5, 0.6) is 0 Å². The molecular weight excluding hydrogens is 456 g/mol. The van der Waals surface area contributed by atoms with E-state index in [1.165, 1.54) is 167 Å². The van der Waals surface area contributed by atoms with E-state index in [1.54, 1.807) is 0 Å². The molecule has 0 saturated heterocycles. The molecule has 222 valence electrons. The maximum absolute atomic E-state index is 11.8. The molecule has 3 heteroatoms. The molecule has 0 saturated carbocycles. The van der Waals surface area contributed by atoms with Crippen molar-refractivity contribution in [2.75, 3.05) is 19.8 Å². The molecule has 0 aliphatic carbocycles. The lowest BCUT2D eigenvalue weighted by Gasteiger charge is -2.06. The summed E-state index contributed by atoms with van der Waals surface area (Å²) in [6, 6.07) is 0. The summed E-state index contributed by atoms with van der Waals surface area (Å²) < 4.78 is 10.8. The van der Waals surface area contributed by atoms with E-state index < -0.39 is 0 Å². The van der Waals surface area contributed by atoms with Crippen LogP contribution < -0.4 is 0 Å². The second kappa shape index (κ2) is 33.5. The first kappa shape index (κ1) is 36.4. The van der Waals surface area contributed by atoms with Crippen molar-refractivity contribution in [2.45, 2.75) is 194 Å². The van der Waals surface area contributed by atoms with Gasteiger partial charge in [0, 0.05) is 6.61 Å². The van der Waals surface area contributed by atoms with E-state index in [4.69, 9.17) is 9.47 Å². The van der Waals surface area contributed by atoms with Crippen LogP contribution in [0.4, 0.5) is 0 Å². The Hall–Kier alpha value is -0.570. The predicted octanol–water partition coefficient (Wildman–Crippen LogP) is 11.5. The summed E-state index contributed by atoms with van der Waals surface area (Å²) in [5, 5.41) is 0. The SMILES string of the molecule is CCCCCCCCCCCCCCCCOCC(=O)OCCCCCCCCCCCCCCCC. The lowest BCUT2D eigenvalue weighted by atomic mass is 10.0. The topological polar surface area (TPSA) is 35.5 Å². The van der Waals surface area contributed by atoms with Gasteiger partial charge < -0.3 is 9.47 Å². The van der Waals surface area contributed by atoms with Crippen LogP contribution in [-0.4, -0.2) is 25.8 Å². The maximum atomic E-state index is 11.8. The van der Waals surface area contributed by atoms with Gasteiger partial charge in [-0.05, 0) is 12.8 Å². The lowest BCUT2D eigenvalue weighted by molar-refractivity contribution is -0.149. The van der Waals surface area contributed by atoms with E-state index in [0.29, 0.717) is 13.2 Å². The van der Waals surface area contributed by atoms with Gasteiger partial charge in [-0.1, -0.05) is 181 Å². The highest BCUT2D eigenvalue weighted by molar-refractivity contribution is 5.70. The molecule has 0 fully saturated rings. The molecule has 0 bridgehead atoms. The van der Waals surface area contributed by atoms with Gasteiger partial charge in [0.05, 0.1) is 6.61 Å². The summed E-state index contributed by atoms with van der Waals surface area (Å²) in [6.07, 6.45) is 37.8. The van der Waals surface area contributed by atoms with Crippen LogP contribution in [0.3, 0.4) is 0 Å². The standard InChI is InChI=1S/C34H68O3/c1-3-5-7-9-11-13-15-17-19-21-23-25-27-29-31-36-33-34(35)37-32-30-28-26-24-22-20-18-16-14-12-10-8-6-4-2/h3-33H2,1-2H3. The zero-order valence-electron chi connectivity index (χ0n) is 25.6. The van der Waals surface area contributed by atoms with Gasteiger partial charge >= 0.3 is 5.97 Å². The van der Waals surface area contributed by atoms with Gasteiger partial charge in [0.25, 0.3) is 0 Å². The Bertz CT molecular complexity index is 423. The number of hydrogen-bond acceptors (Lipinski definition) is 3. The van der Waals surface area contributed by atoms with Gasteiger partial charge in [-0.2, -0.15) is 0 Å². The quantitative estimate of drug-likeness (QED) is 0.0648. The Balaban J connectivity index is 3.14. The molecule has 0 heterocycles. The molecule has 0 radical (unpaired) electrons. The van der Waals surface area contributed by atoms with Gasteiger partial charge in [-0.15, -0.1) is 0 Å². The number of esters is 1. The van der Waals surface area contributed by atoms with Gasteiger partial charge in [0.1, 0.15) is 6.61 Å². The Labute approximate surface area is 233 Å². The molecule has 0 aliphatic rings. The first-order chi connectivity index (χ1) is 18.3. The first-order valence-corrected chi connectivity index (χ1v) is 17.0. The third-order valence-corrected chi connectivity index (χ3v) is 7.62. The van der Waals surface area contributed by atoms with Gasteiger partial charge in [0.15, 0.2) is 0 Å². The number of rotatable bonds is 32. The van der Waals surface area contributed by atoms with E-state index in [9.17, 15) is 4.79 Å². The molecule has 3 nitrogen and oxygen atoms in total. The van der Waals surface area contributed by atoms with E-state index in [0.717, 1.165) is 12.8 Å². The van der Waals surface area contributed by atoms with Crippen molar-refractivity contribution in [2.24, 2.45) is 0 Å². The molecule has 37 heavy (non-hydrogen) atoms. The zero-order valence-corrected chi connectivity index (χ0v) is 25.6. The minimum Gasteiger partial charge on any atom is -0.464 e. The summed E-state index contributed by atoms with van der Waals surface area (Å²) in [7, 11) is 0. The summed E-state index contributed by atoms with van der Waals surface area (Å²) in [5.74, 6) is -0.194. The predicted molar refractivity (Wildman–Crippen MR) is 162 cm³/mol. The average Bonchev–Trinajstić information content (AvgIpc) is 2.90. The van der Waals surface area contributed by atoms with Crippen LogP contribution in [-0.2, 0) is 14.3 Å². The van der Waals surface area contributed by atoms with Crippen LogP contribution in [0, 0.1) is 0 Å².